The number of hydrogen-bond donors (Lipinski definition) is 0. The van der Waals surface area contributed by atoms with Gasteiger partial charge in [-0.1, -0.05) is 0 Å². The maximum absolute atomic E-state index is 11.8. The fraction of sp³-hybridized carbons (Fsp3) is 0.923. The fourth-order valence-corrected chi connectivity index (χ4v) is 2.48. The first-order chi connectivity index (χ1) is 7.32. The Morgan fingerprint density at radius 1 is 1.31 bits per heavy atom. The van der Waals surface area contributed by atoms with Crippen molar-refractivity contribution in [1.82, 2.24) is 4.90 Å². The van der Waals surface area contributed by atoms with Gasteiger partial charge < -0.3 is 4.74 Å². The lowest BCUT2D eigenvalue weighted by molar-refractivity contribution is -0.134. The molecule has 94 valence electrons. The van der Waals surface area contributed by atoms with Gasteiger partial charge in [0.25, 0.3) is 0 Å². The Morgan fingerprint density at radius 2 is 1.81 bits per heavy atom. The first kappa shape index (κ1) is 13.7. The third-order valence-electron chi connectivity index (χ3n) is 3.84. The van der Waals surface area contributed by atoms with E-state index in [1.54, 1.807) is 14.0 Å². The monoisotopic (exact) mass is 227 g/mol. The molecule has 0 spiro atoms. The normalized spacial score (nSPS) is 22.1. The minimum Gasteiger partial charge on any atom is -0.384 e. The van der Waals surface area contributed by atoms with E-state index in [1.165, 1.54) is 0 Å². The van der Waals surface area contributed by atoms with Crippen molar-refractivity contribution in [3.8, 4) is 0 Å². The molecule has 0 aromatic rings. The average molecular weight is 227 g/mol. The molecule has 0 saturated carbocycles. The van der Waals surface area contributed by atoms with Crippen molar-refractivity contribution < 1.29 is 9.53 Å². The van der Waals surface area contributed by atoms with Gasteiger partial charge in [-0.15, -0.1) is 0 Å². The molecule has 1 fully saturated rings. The largest absolute Gasteiger partial charge is 0.384 e. The number of ketones is 1. The molecule has 3 heteroatoms. The smallest absolute Gasteiger partial charge is 0.138 e. The Labute approximate surface area is 99.1 Å². The van der Waals surface area contributed by atoms with E-state index >= 15 is 0 Å². The highest BCUT2D eigenvalue weighted by molar-refractivity contribution is 5.82. The molecule has 1 rings (SSSR count). The Bertz CT molecular complexity index is 247. The molecule has 0 atom stereocenters. The molecule has 1 aliphatic rings. The van der Waals surface area contributed by atoms with Gasteiger partial charge in [-0.2, -0.15) is 0 Å². The van der Waals surface area contributed by atoms with Gasteiger partial charge in [-0.05, 0) is 53.6 Å². The third-order valence-corrected chi connectivity index (χ3v) is 3.84. The average Bonchev–Trinajstić information content (AvgIpc) is 2.17. The van der Waals surface area contributed by atoms with E-state index in [1.807, 2.05) is 0 Å². The predicted molar refractivity (Wildman–Crippen MR) is 65.6 cm³/mol. The summed E-state index contributed by atoms with van der Waals surface area (Å²) >= 11 is 0. The van der Waals surface area contributed by atoms with Crippen LogP contribution in [0.1, 0.15) is 40.5 Å². The van der Waals surface area contributed by atoms with Crippen molar-refractivity contribution in [1.29, 1.82) is 0 Å². The van der Waals surface area contributed by atoms with Gasteiger partial charge in [-0.25, -0.2) is 0 Å². The highest BCUT2D eigenvalue weighted by Gasteiger charge is 2.40. The van der Waals surface area contributed by atoms with Crippen LogP contribution in [0.3, 0.4) is 0 Å². The predicted octanol–water partition coefficient (Wildman–Crippen LogP) is 2.10. The number of ether oxygens (including phenoxy) is 1. The molecule has 0 aromatic carbocycles. The number of carbonyl (C=O) groups excluding carboxylic acids is 1. The summed E-state index contributed by atoms with van der Waals surface area (Å²) in [6.45, 7) is 10.9. The van der Waals surface area contributed by atoms with Crippen LogP contribution in [-0.2, 0) is 9.53 Å². The van der Waals surface area contributed by atoms with Gasteiger partial charge in [0.05, 0.1) is 12.0 Å². The van der Waals surface area contributed by atoms with E-state index in [2.05, 4.69) is 25.7 Å². The van der Waals surface area contributed by atoms with Crippen LogP contribution in [-0.4, -0.2) is 43.0 Å². The molecule has 0 N–H and O–H groups in total. The second-order valence-corrected chi connectivity index (χ2v) is 5.93. The molecule has 0 amide bonds. The van der Waals surface area contributed by atoms with Crippen molar-refractivity contribution >= 4 is 5.78 Å². The van der Waals surface area contributed by atoms with E-state index in [9.17, 15) is 4.79 Å². The minimum absolute atomic E-state index is 0.204. The van der Waals surface area contributed by atoms with Gasteiger partial charge in [0, 0.05) is 12.6 Å². The van der Waals surface area contributed by atoms with Crippen LogP contribution in [0, 0.1) is 5.41 Å². The first-order valence-corrected chi connectivity index (χ1v) is 6.07. The molecular formula is C13H25NO2. The number of nitrogens with zero attached hydrogens (tertiary/aromatic N) is 1. The van der Waals surface area contributed by atoms with Crippen molar-refractivity contribution in [2.45, 2.75) is 46.1 Å². The Morgan fingerprint density at radius 3 is 2.12 bits per heavy atom. The van der Waals surface area contributed by atoms with Crippen molar-refractivity contribution in [3.05, 3.63) is 0 Å². The van der Waals surface area contributed by atoms with Crippen LogP contribution in [0.2, 0.25) is 0 Å². The van der Waals surface area contributed by atoms with Gasteiger partial charge in [0.1, 0.15) is 5.78 Å². The summed E-state index contributed by atoms with van der Waals surface area (Å²) in [5.41, 5.74) is -0.0213. The summed E-state index contributed by atoms with van der Waals surface area (Å²) in [6, 6.07) is 0. The summed E-state index contributed by atoms with van der Waals surface area (Å²) in [4.78, 5) is 14.2. The summed E-state index contributed by atoms with van der Waals surface area (Å²) in [6.07, 6.45) is 1.85. The van der Waals surface area contributed by atoms with E-state index in [4.69, 9.17) is 4.74 Å². The molecule has 3 nitrogen and oxygen atoms in total. The molecule has 0 aliphatic carbocycles. The highest BCUT2D eigenvalue weighted by atomic mass is 16.5. The van der Waals surface area contributed by atoms with E-state index in [-0.39, 0.29) is 16.7 Å². The summed E-state index contributed by atoms with van der Waals surface area (Å²) in [5.74, 6) is 0.280. The molecule has 1 aliphatic heterocycles. The Kier molecular flexibility index (Phi) is 4.13. The van der Waals surface area contributed by atoms with Crippen LogP contribution >= 0.6 is 0 Å². The van der Waals surface area contributed by atoms with Crippen LogP contribution in [0.5, 0.6) is 0 Å². The standard InChI is InChI=1S/C13H25NO2/c1-11(15)13(10-16-5)6-8-14(9-7-13)12(2,3)4/h6-10H2,1-5H3. The lowest BCUT2D eigenvalue weighted by Crippen LogP contribution is -2.52. The fourth-order valence-electron chi connectivity index (χ4n) is 2.48. The lowest BCUT2D eigenvalue weighted by atomic mass is 9.75. The zero-order valence-electron chi connectivity index (χ0n) is 11.3. The topological polar surface area (TPSA) is 29.5 Å². The number of hydrogen-bond acceptors (Lipinski definition) is 3. The maximum atomic E-state index is 11.8. The minimum atomic E-state index is -0.226. The summed E-state index contributed by atoms with van der Waals surface area (Å²) < 4.78 is 5.23. The number of carbonyl (C=O) groups is 1. The number of piperidine rings is 1. The van der Waals surface area contributed by atoms with Gasteiger partial charge in [-0.3, -0.25) is 9.69 Å². The molecule has 0 radical (unpaired) electrons. The van der Waals surface area contributed by atoms with Crippen molar-refractivity contribution in [2.24, 2.45) is 5.41 Å². The summed E-state index contributed by atoms with van der Waals surface area (Å²) in [5, 5.41) is 0. The third kappa shape index (κ3) is 2.83. The number of likely N-dealkylation sites (tertiary alicyclic amines) is 1. The molecule has 1 saturated heterocycles. The van der Waals surface area contributed by atoms with Crippen LogP contribution in [0.15, 0.2) is 0 Å². The second-order valence-electron chi connectivity index (χ2n) is 5.93. The van der Waals surface area contributed by atoms with Crippen molar-refractivity contribution in [3.63, 3.8) is 0 Å². The van der Waals surface area contributed by atoms with Crippen molar-refractivity contribution in [2.75, 3.05) is 26.8 Å². The molecule has 0 aromatic heterocycles. The second kappa shape index (κ2) is 4.84. The Hall–Kier alpha value is -0.410. The SMILES string of the molecule is COCC1(C(C)=O)CCN(C(C)(C)C)CC1. The molecule has 0 bridgehead atoms. The quantitative estimate of drug-likeness (QED) is 0.739. The van der Waals surface area contributed by atoms with Gasteiger partial charge in [0.15, 0.2) is 0 Å². The van der Waals surface area contributed by atoms with E-state index < -0.39 is 0 Å². The molecule has 1 heterocycles. The first-order valence-electron chi connectivity index (χ1n) is 6.07. The van der Waals surface area contributed by atoms with Gasteiger partial charge in [0.2, 0.25) is 0 Å². The maximum Gasteiger partial charge on any atom is 0.138 e. The summed E-state index contributed by atoms with van der Waals surface area (Å²) in [7, 11) is 1.68. The van der Waals surface area contributed by atoms with E-state index in [0.717, 1.165) is 25.9 Å². The Balaban J connectivity index is 2.67. The molecular weight excluding hydrogens is 202 g/mol. The van der Waals surface area contributed by atoms with Crippen LogP contribution in [0.4, 0.5) is 0 Å². The van der Waals surface area contributed by atoms with E-state index in [0.29, 0.717) is 6.61 Å². The highest BCUT2D eigenvalue weighted by Crippen LogP contribution is 2.35. The lowest BCUT2D eigenvalue weighted by Gasteiger charge is -2.45. The number of Topliss-reactive ketones (excluding diaryl/α,β-unsaturated/α-hetero) is 1. The number of methoxy groups -OCH3 is 1. The van der Waals surface area contributed by atoms with Crippen LogP contribution in [0.25, 0.3) is 0 Å². The zero-order chi connectivity index (χ0) is 12.4. The van der Waals surface area contributed by atoms with Gasteiger partial charge >= 0.3 is 0 Å². The molecule has 16 heavy (non-hydrogen) atoms. The van der Waals surface area contributed by atoms with Crippen LogP contribution < -0.4 is 0 Å². The molecule has 0 unspecified atom stereocenters. The number of rotatable bonds is 3. The zero-order valence-corrected chi connectivity index (χ0v) is 11.3.